The van der Waals surface area contributed by atoms with Gasteiger partial charge in [0.05, 0.1) is 17.7 Å². The fraction of sp³-hybridized carbons (Fsp3) is 0.350. The molecule has 1 N–H and O–H groups in total. The summed E-state index contributed by atoms with van der Waals surface area (Å²) in [7, 11) is -2.20. The van der Waals surface area contributed by atoms with Crippen molar-refractivity contribution in [3.63, 3.8) is 0 Å². The molecular formula is C20H24N2O4S. The molecule has 27 heavy (non-hydrogen) atoms. The molecule has 0 fully saturated rings. The number of hydrogen-bond donors (Lipinski definition) is 1. The molecular weight excluding hydrogens is 364 g/mol. The number of rotatable bonds is 5. The minimum absolute atomic E-state index is 0.0473. The highest BCUT2D eigenvalue weighted by Gasteiger charge is 2.25. The Kier molecular flexibility index (Phi) is 5.41. The van der Waals surface area contributed by atoms with Gasteiger partial charge in [-0.15, -0.1) is 0 Å². The number of benzene rings is 2. The van der Waals surface area contributed by atoms with Gasteiger partial charge in [0, 0.05) is 18.2 Å². The molecule has 0 aromatic heterocycles. The van der Waals surface area contributed by atoms with Crippen molar-refractivity contribution in [1.29, 1.82) is 0 Å². The first-order valence-corrected chi connectivity index (χ1v) is 10.4. The lowest BCUT2D eigenvalue weighted by Crippen LogP contribution is -2.38. The van der Waals surface area contributed by atoms with E-state index in [2.05, 4.69) is 4.72 Å². The van der Waals surface area contributed by atoms with E-state index in [4.69, 9.17) is 4.74 Å². The van der Waals surface area contributed by atoms with Crippen molar-refractivity contribution in [3.05, 3.63) is 48.0 Å². The number of ether oxygens (including phenoxy) is 1. The largest absolute Gasteiger partial charge is 0.497 e. The molecule has 1 aliphatic rings. The molecule has 0 unspecified atom stereocenters. The number of amides is 1. The smallest absolute Gasteiger partial charge is 0.261 e. The summed E-state index contributed by atoms with van der Waals surface area (Å²) < 4.78 is 33.0. The molecule has 0 saturated carbocycles. The summed E-state index contributed by atoms with van der Waals surface area (Å²) >= 11 is 0. The molecule has 144 valence electrons. The van der Waals surface area contributed by atoms with Crippen molar-refractivity contribution in [2.24, 2.45) is 5.92 Å². The van der Waals surface area contributed by atoms with Crippen LogP contribution < -0.4 is 14.4 Å². The van der Waals surface area contributed by atoms with Gasteiger partial charge in [-0.05, 0) is 54.8 Å². The molecule has 1 amide bonds. The maximum atomic E-state index is 12.7. The Morgan fingerprint density at radius 2 is 1.85 bits per heavy atom. The average molecular weight is 388 g/mol. The zero-order valence-corrected chi connectivity index (χ0v) is 16.5. The first-order valence-electron chi connectivity index (χ1n) is 8.93. The molecule has 1 aliphatic heterocycles. The van der Waals surface area contributed by atoms with Crippen LogP contribution in [0.15, 0.2) is 47.4 Å². The third-order valence-corrected chi connectivity index (χ3v) is 5.98. The summed E-state index contributed by atoms with van der Waals surface area (Å²) in [4.78, 5) is 14.4. The Labute approximate surface area is 160 Å². The average Bonchev–Trinajstić information content (AvgIpc) is 2.66. The van der Waals surface area contributed by atoms with Gasteiger partial charge in [0.25, 0.3) is 10.0 Å². The zero-order chi connectivity index (χ0) is 19.6. The van der Waals surface area contributed by atoms with Crippen LogP contribution in [0.2, 0.25) is 0 Å². The van der Waals surface area contributed by atoms with Gasteiger partial charge >= 0.3 is 0 Å². The van der Waals surface area contributed by atoms with Crippen molar-refractivity contribution in [2.75, 3.05) is 23.3 Å². The third-order valence-electron chi connectivity index (χ3n) is 4.59. The van der Waals surface area contributed by atoms with E-state index in [9.17, 15) is 13.2 Å². The third kappa shape index (κ3) is 4.08. The van der Waals surface area contributed by atoms with Gasteiger partial charge in [-0.3, -0.25) is 9.52 Å². The SMILES string of the molecule is COc1ccc(S(=O)(=O)Nc2ccc3c(c2)N(C(=O)C(C)C)CCC3)cc1. The van der Waals surface area contributed by atoms with E-state index in [0.29, 0.717) is 18.0 Å². The molecule has 2 aromatic rings. The highest BCUT2D eigenvalue weighted by molar-refractivity contribution is 7.92. The molecule has 2 aromatic carbocycles. The van der Waals surface area contributed by atoms with Gasteiger partial charge in [-0.2, -0.15) is 0 Å². The lowest BCUT2D eigenvalue weighted by Gasteiger charge is -2.31. The van der Waals surface area contributed by atoms with Crippen molar-refractivity contribution >= 4 is 27.3 Å². The van der Waals surface area contributed by atoms with Crippen LogP contribution in [0, 0.1) is 5.92 Å². The number of nitrogens with zero attached hydrogens (tertiary/aromatic N) is 1. The van der Waals surface area contributed by atoms with Crippen LogP contribution in [-0.4, -0.2) is 28.0 Å². The monoisotopic (exact) mass is 388 g/mol. The Hall–Kier alpha value is -2.54. The van der Waals surface area contributed by atoms with Gasteiger partial charge in [0.1, 0.15) is 5.75 Å². The molecule has 1 heterocycles. The number of methoxy groups -OCH3 is 1. The number of fused-ring (bicyclic) bond motifs is 1. The van der Waals surface area contributed by atoms with E-state index in [0.717, 1.165) is 24.1 Å². The summed E-state index contributed by atoms with van der Waals surface area (Å²) in [6, 6.07) is 11.6. The van der Waals surface area contributed by atoms with Gasteiger partial charge in [-0.1, -0.05) is 19.9 Å². The first kappa shape index (κ1) is 19.2. The number of aryl methyl sites for hydroxylation is 1. The number of carbonyl (C=O) groups is 1. The zero-order valence-electron chi connectivity index (χ0n) is 15.7. The van der Waals surface area contributed by atoms with Crippen LogP contribution in [0.4, 0.5) is 11.4 Å². The molecule has 0 aliphatic carbocycles. The second-order valence-electron chi connectivity index (χ2n) is 6.87. The highest BCUT2D eigenvalue weighted by Crippen LogP contribution is 2.32. The van der Waals surface area contributed by atoms with E-state index in [1.54, 1.807) is 29.2 Å². The van der Waals surface area contributed by atoms with Gasteiger partial charge < -0.3 is 9.64 Å². The molecule has 0 radical (unpaired) electrons. The number of anilines is 2. The Balaban J connectivity index is 1.89. The Bertz CT molecular complexity index is 937. The van der Waals surface area contributed by atoms with Crippen LogP contribution in [-0.2, 0) is 21.2 Å². The van der Waals surface area contributed by atoms with Gasteiger partial charge in [0.2, 0.25) is 5.91 Å². The van der Waals surface area contributed by atoms with E-state index in [1.807, 2.05) is 19.9 Å². The van der Waals surface area contributed by atoms with E-state index >= 15 is 0 Å². The van der Waals surface area contributed by atoms with Gasteiger partial charge in [-0.25, -0.2) is 8.42 Å². The normalized spacial score (nSPS) is 14.0. The van der Waals surface area contributed by atoms with Crippen LogP contribution in [0.5, 0.6) is 5.75 Å². The summed E-state index contributed by atoms with van der Waals surface area (Å²) in [6.07, 6.45) is 1.78. The fourth-order valence-electron chi connectivity index (χ4n) is 3.15. The predicted molar refractivity (Wildman–Crippen MR) is 106 cm³/mol. The molecule has 7 heteroatoms. The number of sulfonamides is 1. The second-order valence-corrected chi connectivity index (χ2v) is 8.56. The van der Waals surface area contributed by atoms with Crippen LogP contribution >= 0.6 is 0 Å². The van der Waals surface area contributed by atoms with Crippen LogP contribution in [0.25, 0.3) is 0 Å². The minimum Gasteiger partial charge on any atom is -0.497 e. The van der Waals surface area contributed by atoms with Crippen LogP contribution in [0.1, 0.15) is 25.8 Å². The molecule has 0 spiro atoms. The Morgan fingerprint density at radius 3 is 2.48 bits per heavy atom. The van der Waals surface area contributed by atoms with Crippen molar-refractivity contribution in [3.8, 4) is 5.75 Å². The molecule has 0 bridgehead atoms. The first-order chi connectivity index (χ1) is 12.8. The minimum atomic E-state index is -3.73. The van der Waals surface area contributed by atoms with E-state index in [1.165, 1.54) is 19.2 Å². The summed E-state index contributed by atoms with van der Waals surface area (Å²) in [5.41, 5.74) is 2.28. The number of nitrogens with one attached hydrogen (secondary N) is 1. The summed E-state index contributed by atoms with van der Waals surface area (Å²) in [6.45, 7) is 4.39. The van der Waals surface area contributed by atoms with E-state index < -0.39 is 10.0 Å². The maximum absolute atomic E-state index is 12.7. The molecule has 0 saturated heterocycles. The second kappa shape index (κ2) is 7.60. The molecule has 6 nitrogen and oxygen atoms in total. The van der Waals surface area contributed by atoms with Crippen molar-refractivity contribution in [2.45, 2.75) is 31.6 Å². The summed E-state index contributed by atoms with van der Waals surface area (Å²) in [5, 5.41) is 0. The topological polar surface area (TPSA) is 75.7 Å². The molecule has 0 atom stereocenters. The van der Waals surface area contributed by atoms with Crippen molar-refractivity contribution in [1.82, 2.24) is 0 Å². The Morgan fingerprint density at radius 1 is 1.15 bits per heavy atom. The lowest BCUT2D eigenvalue weighted by atomic mass is 9.99. The maximum Gasteiger partial charge on any atom is 0.261 e. The lowest BCUT2D eigenvalue weighted by molar-refractivity contribution is -0.121. The van der Waals surface area contributed by atoms with E-state index in [-0.39, 0.29) is 16.7 Å². The summed E-state index contributed by atoms with van der Waals surface area (Å²) in [5.74, 6) is 0.521. The number of carbonyl (C=O) groups excluding carboxylic acids is 1. The number of hydrogen-bond acceptors (Lipinski definition) is 4. The standard InChI is InChI=1S/C20H24N2O4S/c1-14(2)20(23)22-12-4-5-15-6-7-16(13-19(15)22)21-27(24,25)18-10-8-17(26-3)9-11-18/h6-11,13-14,21H,4-5,12H2,1-3H3. The quantitative estimate of drug-likeness (QED) is 0.851. The van der Waals surface area contributed by atoms with Crippen molar-refractivity contribution < 1.29 is 17.9 Å². The fourth-order valence-corrected chi connectivity index (χ4v) is 4.20. The predicted octanol–water partition coefficient (Wildman–Crippen LogP) is 3.43. The molecule has 3 rings (SSSR count). The van der Waals surface area contributed by atoms with Crippen LogP contribution in [0.3, 0.4) is 0 Å². The van der Waals surface area contributed by atoms with Gasteiger partial charge in [0.15, 0.2) is 0 Å². The highest BCUT2D eigenvalue weighted by atomic mass is 32.2.